The minimum atomic E-state index is -0.643. The molecular weight excluding hydrogens is 462 g/mol. The summed E-state index contributed by atoms with van der Waals surface area (Å²) in [7, 11) is 0. The SMILES string of the molecule is CC(=O)OCC12CCC3C(C(=O)C=C4C5(C)C=C(C#N)C(=O)C(C)(C)C5CCC43C)C1CC(C)(C)CC2. The average molecular weight is 506 g/mol. The van der Waals surface area contributed by atoms with Crippen LogP contribution in [0.4, 0.5) is 0 Å². The maximum absolute atomic E-state index is 14.2. The zero-order valence-corrected chi connectivity index (χ0v) is 23.7. The Balaban J connectivity index is 1.62. The number of ether oxygens (including phenoxy) is 1. The van der Waals surface area contributed by atoms with Gasteiger partial charge in [0.2, 0.25) is 0 Å². The van der Waals surface area contributed by atoms with Crippen molar-refractivity contribution < 1.29 is 19.1 Å². The first-order valence-corrected chi connectivity index (χ1v) is 14.2. The lowest BCUT2D eigenvalue weighted by Crippen LogP contribution is -2.61. The molecule has 0 N–H and O–H groups in total. The molecule has 0 amide bonds. The topological polar surface area (TPSA) is 84.2 Å². The second-order valence-electron chi connectivity index (χ2n) is 14.8. The van der Waals surface area contributed by atoms with Gasteiger partial charge in [0, 0.05) is 29.1 Å². The van der Waals surface area contributed by atoms with Crippen LogP contribution >= 0.6 is 0 Å². The molecule has 3 saturated carbocycles. The maximum atomic E-state index is 14.2. The van der Waals surface area contributed by atoms with Crippen molar-refractivity contribution in [2.45, 2.75) is 93.4 Å². The molecule has 5 heteroatoms. The van der Waals surface area contributed by atoms with Gasteiger partial charge in [0.15, 0.2) is 11.6 Å². The Hall–Kier alpha value is -2.22. The number of nitriles is 1. The minimum Gasteiger partial charge on any atom is -0.465 e. The summed E-state index contributed by atoms with van der Waals surface area (Å²) in [6.07, 6.45) is 10.7. The highest BCUT2D eigenvalue weighted by Crippen LogP contribution is 2.70. The van der Waals surface area contributed by atoms with E-state index in [2.05, 4.69) is 33.8 Å². The van der Waals surface area contributed by atoms with Crippen LogP contribution in [0.5, 0.6) is 0 Å². The van der Waals surface area contributed by atoms with Crippen LogP contribution in [0.15, 0.2) is 23.3 Å². The van der Waals surface area contributed by atoms with E-state index < -0.39 is 10.8 Å². The summed E-state index contributed by atoms with van der Waals surface area (Å²) in [5.74, 6) is 0.293. The van der Waals surface area contributed by atoms with Gasteiger partial charge in [-0.1, -0.05) is 53.2 Å². The molecule has 0 aromatic carbocycles. The standard InChI is InChI=1S/C32H43NO4/c1-19(34)37-18-32-11-8-21-26(22(32)16-28(2,3)12-13-32)23(35)14-25-30(21,6)10-9-24-29(4,5)27(36)20(17-33)15-31(24,25)7/h14-15,21-22,24,26H,8-13,16,18H2,1-7H3. The number of esters is 1. The van der Waals surface area contributed by atoms with Gasteiger partial charge in [0.25, 0.3) is 0 Å². The molecule has 5 rings (SSSR count). The molecule has 0 saturated heterocycles. The molecule has 0 aromatic heterocycles. The number of carbonyl (C=O) groups excluding carboxylic acids is 3. The third-order valence-electron chi connectivity index (χ3n) is 11.8. The Labute approximate surface area is 222 Å². The predicted molar refractivity (Wildman–Crippen MR) is 141 cm³/mol. The molecule has 37 heavy (non-hydrogen) atoms. The predicted octanol–water partition coefficient (Wildman–Crippen LogP) is 6.38. The molecule has 0 heterocycles. The van der Waals surface area contributed by atoms with Crippen LogP contribution in [0, 0.1) is 62.1 Å². The highest BCUT2D eigenvalue weighted by Gasteiger charge is 2.65. The Morgan fingerprint density at radius 2 is 1.73 bits per heavy atom. The summed E-state index contributed by atoms with van der Waals surface area (Å²) in [6, 6.07) is 2.18. The van der Waals surface area contributed by atoms with E-state index in [0.717, 1.165) is 50.5 Å². The molecule has 5 aliphatic carbocycles. The van der Waals surface area contributed by atoms with E-state index in [1.54, 1.807) is 0 Å². The number of rotatable bonds is 2. The first kappa shape index (κ1) is 26.4. The number of nitrogens with zero attached hydrogens (tertiary/aromatic N) is 1. The van der Waals surface area contributed by atoms with Gasteiger partial charge in [-0.3, -0.25) is 14.4 Å². The first-order valence-electron chi connectivity index (χ1n) is 14.2. The molecule has 0 bridgehead atoms. The number of hydrogen-bond acceptors (Lipinski definition) is 5. The Morgan fingerprint density at radius 1 is 1.03 bits per heavy atom. The van der Waals surface area contributed by atoms with Gasteiger partial charge in [0.1, 0.15) is 6.07 Å². The molecule has 5 nitrogen and oxygen atoms in total. The normalized spacial score (nSPS) is 43.6. The zero-order chi connectivity index (χ0) is 27.2. The molecule has 7 unspecified atom stereocenters. The van der Waals surface area contributed by atoms with Crippen molar-refractivity contribution in [3.8, 4) is 6.07 Å². The fraction of sp³-hybridized carbons (Fsp3) is 0.750. The van der Waals surface area contributed by atoms with E-state index >= 15 is 0 Å². The molecule has 3 fully saturated rings. The summed E-state index contributed by atoms with van der Waals surface area (Å²) in [5, 5.41) is 9.83. The van der Waals surface area contributed by atoms with Gasteiger partial charge in [0.05, 0.1) is 12.2 Å². The van der Waals surface area contributed by atoms with E-state index in [-0.39, 0.29) is 63.0 Å². The average Bonchev–Trinajstić information content (AvgIpc) is 2.81. The lowest BCUT2D eigenvalue weighted by molar-refractivity contribution is -0.165. The summed E-state index contributed by atoms with van der Waals surface area (Å²) in [5.41, 5.74) is 0.101. The van der Waals surface area contributed by atoms with Gasteiger partial charge < -0.3 is 4.74 Å². The third kappa shape index (κ3) is 3.64. The summed E-state index contributed by atoms with van der Waals surface area (Å²) in [6.45, 7) is 15.0. The second-order valence-corrected chi connectivity index (χ2v) is 14.8. The molecule has 200 valence electrons. The molecule has 5 aliphatic rings. The molecule has 0 aromatic rings. The molecule has 0 spiro atoms. The van der Waals surface area contributed by atoms with Crippen LogP contribution in [-0.4, -0.2) is 24.1 Å². The minimum absolute atomic E-state index is 0.0635. The van der Waals surface area contributed by atoms with E-state index in [4.69, 9.17) is 4.74 Å². The highest BCUT2D eigenvalue weighted by molar-refractivity contribution is 6.04. The van der Waals surface area contributed by atoms with Crippen molar-refractivity contribution in [3.05, 3.63) is 23.3 Å². The fourth-order valence-corrected chi connectivity index (χ4v) is 9.88. The van der Waals surface area contributed by atoms with Crippen molar-refractivity contribution in [2.24, 2.45) is 50.7 Å². The number of carbonyl (C=O) groups is 3. The lowest BCUT2D eigenvalue weighted by atomic mass is 9.38. The van der Waals surface area contributed by atoms with Crippen LogP contribution in [0.3, 0.4) is 0 Å². The molecule has 0 aliphatic heterocycles. The molecule has 0 radical (unpaired) electrons. The molecule has 7 atom stereocenters. The van der Waals surface area contributed by atoms with E-state index in [9.17, 15) is 19.6 Å². The largest absolute Gasteiger partial charge is 0.465 e. The van der Waals surface area contributed by atoms with Crippen LogP contribution in [0.2, 0.25) is 0 Å². The van der Waals surface area contributed by atoms with Crippen molar-refractivity contribution >= 4 is 17.5 Å². The fourth-order valence-electron chi connectivity index (χ4n) is 9.88. The second kappa shape index (κ2) is 8.14. The lowest BCUT2D eigenvalue weighted by Gasteiger charge is -2.65. The number of ketones is 2. The van der Waals surface area contributed by atoms with Gasteiger partial charge in [-0.2, -0.15) is 5.26 Å². The number of Topliss-reactive ketones (excluding diaryl/α,β-unsaturated/α-hetero) is 1. The number of hydrogen-bond donors (Lipinski definition) is 0. The smallest absolute Gasteiger partial charge is 0.302 e. The Kier molecular flexibility index (Phi) is 5.81. The Morgan fingerprint density at radius 3 is 2.38 bits per heavy atom. The summed E-state index contributed by atoms with van der Waals surface area (Å²) >= 11 is 0. The highest BCUT2D eigenvalue weighted by atomic mass is 16.5. The third-order valence-corrected chi connectivity index (χ3v) is 11.8. The van der Waals surface area contributed by atoms with Crippen molar-refractivity contribution in [1.82, 2.24) is 0 Å². The molecular formula is C32H43NO4. The quantitative estimate of drug-likeness (QED) is 0.407. The van der Waals surface area contributed by atoms with Crippen molar-refractivity contribution in [1.29, 1.82) is 5.26 Å². The van der Waals surface area contributed by atoms with Crippen LogP contribution < -0.4 is 0 Å². The monoisotopic (exact) mass is 505 g/mol. The van der Waals surface area contributed by atoms with Gasteiger partial charge >= 0.3 is 5.97 Å². The van der Waals surface area contributed by atoms with E-state index in [1.807, 2.05) is 26.0 Å². The number of allylic oxidation sites excluding steroid dienone is 4. The zero-order valence-electron chi connectivity index (χ0n) is 23.7. The summed E-state index contributed by atoms with van der Waals surface area (Å²) < 4.78 is 5.66. The van der Waals surface area contributed by atoms with Gasteiger partial charge in [-0.05, 0) is 79.6 Å². The van der Waals surface area contributed by atoms with E-state index in [1.165, 1.54) is 6.92 Å². The van der Waals surface area contributed by atoms with E-state index in [0.29, 0.717) is 6.61 Å². The summed E-state index contributed by atoms with van der Waals surface area (Å²) in [4.78, 5) is 39.2. The van der Waals surface area contributed by atoms with Crippen LogP contribution in [-0.2, 0) is 19.1 Å². The van der Waals surface area contributed by atoms with Crippen molar-refractivity contribution in [3.63, 3.8) is 0 Å². The van der Waals surface area contributed by atoms with Crippen LogP contribution in [0.25, 0.3) is 0 Å². The number of fused-ring (bicyclic) bond motifs is 7. The Bertz CT molecular complexity index is 1170. The van der Waals surface area contributed by atoms with Gasteiger partial charge in [-0.25, -0.2) is 0 Å². The van der Waals surface area contributed by atoms with Crippen molar-refractivity contribution in [2.75, 3.05) is 6.61 Å². The first-order chi connectivity index (χ1) is 17.1. The maximum Gasteiger partial charge on any atom is 0.302 e. The van der Waals surface area contributed by atoms with Gasteiger partial charge in [-0.15, -0.1) is 0 Å². The van der Waals surface area contributed by atoms with Crippen LogP contribution in [0.1, 0.15) is 93.4 Å².